The van der Waals surface area contributed by atoms with Gasteiger partial charge in [-0.1, -0.05) is 52.3 Å². The van der Waals surface area contributed by atoms with Gasteiger partial charge < -0.3 is 5.11 Å². The molecule has 1 aromatic heterocycles. The normalized spacial score (nSPS) is 15.3. The van der Waals surface area contributed by atoms with E-state index in [4.69, 9.17) is 4.98 Å². The minimum absolute atomic E-state index is 0.401. The molecule has 25 heavy (non-hydrogen) atoms. The van der Waals surface area contributed by atoms with Crippen molar-refractivity contribution in [3.63, 3.8) is 0 Å². The third-order valence-corrected chi connectivity index (χ3v) is 5.34. The van der Waals surface area contributed by atoms with E-state index < -0.39 is 5.97 Å². The maximum Gasteiger partial charge on any atom is 0.336 e. The molecule has 0 amide bonds. The summed E-state index contributed by atoms with van der Waals surface area (Å²) in [5.74, 6) is -0.878. The van der Waals surface area contributed by atoms with E-state index in [1.165, 1.54) is 0 Å². The molecule has 0 fully saturated rings. The maximum atomic E-state index is 12.0. The van der Waals surface area contributed by atoms with E-state index in [-0.39, 0.29) is 0 Å². The summed E-state index contributed by atoms with van der Waals surface area (Å²) in [5.41, 5.74) is 5.00. The lowest BCUT2D eigenvalue weighted by atomic mass is 9.86. The van der Waals surface area contributed by atoms with Gasteiger partial charge in [-0.25, -0.2) is 9.78 Å². The Hall–Kier alpha value is -2.46. The highest BCUT2D eigenvalue weighted by molar-refractivity contribution is 9.10. The van der Waals surface area contributed by atoms with Gasteiger partial charge in [-0.3, -0.25) is 0 Å². The van der Waals surface area contributed by atoms with E-state index in [1.807, 2.05) is 48.5 Å². The SMILES string of the molecule is O=C(O)c1c2c(nc3ccccc13)/C(=C/c1ccccc1Br)CCC2. The Bertz CT molecular complexity index is 1020. The van der Waals surface area contributed by atoms with Gasteiger partial charge >= 0.3 is 5.97 Å². The molecule has 3 aromatic rings. The Morgan fingerprint density at radius 1 is 1.08 bits per heavy atom. The fourth-order valence-corrected chi connectivity index (χ4v) is 3.90. The van der Waals surface area contributed by atoms with Crippen molar-refractivity contribution in [3.8, 4) is 0 Å². The van der Waals surface area contributed by atoms with Crippen LogP contribution in [0.5, 0.6) is 0 Å². The summed E-state index contributed by atoms with van der Waals surface area (Å²) >= 11 is 3.58. The first-order valence-corrected chi connectivity index (χ1v) is 9.05. The number of nitrogens with zero attached hydrogens (tertiary/aromatic N) is 1. The van der Waals surface area contributed by atoms with Gasteiger partial charge in [-0.05, 0) is 54.2 Å². The average molecular weight is 394 g/mol. The van der Waals surface area contributed by atoms with Gasteiger partial charge in [0.25, 0.3) is 0 Å². The molecule has 1 aliphatic rings. The number of aromatic carboxylic acids is 1. The van der Waals surface area contributed by atoms with Crippen LogP contribution in [-0.4, -0.2) is 16.1 Å². The summed E-state index contributed by atoms with van der Waals surface area (Å²) in [6.07, 6.45) is 4.71. The number of aromatic nitrogens is 1. The molecule has 0 spiro atoms. The molecule has 3 nitrogen and oxygen atoms in total. The third kappa shape index (κ3) is 2.87. The number of para-hydroxylation sites is 1. The van der Waals surface area contributed by atoms with Crippen LogP contribution in [-0.2, 0) is 6.42 Å². The zero-order chi connectivity index (χ0) is 17.4. The van der Waals surface area contributed by atoms with E-state index >= 15 is 0 Å². The van der Waals surface area contributed by atoms with Crippen LogP contribution in [0.3, 0.4) is 0 Å². The number of hydrogen-bond acceptors (Lipinski definition) is 2. The van der Waals surface area contributed by atoms with Crippen LogP contribution in [0.25, 0.3) is 22.6 Å². The predicted molar refractivity (Wildman–Crippen MR) is 104 cm³/mol. The fourth-order valence-electron chi connectivity index (χ4n) is 3.50. The second-order valence-electron chi connectivity index (χ2n) is 6.18. The number of allylic oxidation sites excluding steroid dienone is 1. The van der Waals surface area contributed by atoms with Crippen LogP contribution in [0.1, 0.15) is 40.0 Å². The number of benzene rings is 2. The van der Waals surface area contributed by atoms with Crippen LogP contribution >= 0.6 is 15.9 Å². The first kappa shape index (κ1) is 16.0. The zero-order valence-corrected chi connectivity index (χ0v) is 15.1. The zero-order valence-electron chi connectivity index (χ0n) is 13.5. The first-order valence-electron chi connectivity index (χ1n) is 8.25. The number of hydrogen-bond donors (Lipinski definition) is 1. The van der Waals surface area contributed by atoms with Crippen molar-refractivity contribution in [1.29, 1.82) is 0 Å². The van der Waals surface area contributed by atoms with Gasteiger partial charge in [-0.2, -0.15) is 0 Å². The summed E-state index contributed by atoms with van der Waals surface area (Å²) in [6, 6.07) is 15.5. The van der Waals surface area contributed by atoms with Gasteiger partial charge in [0.05, 0.1) is 16.8 Å². The summed E-state index contributed by atoms with van der Waals surface area (Å²) in [7, 11) is 0. The monoisotopic (exact) mass is 393 g/mol. The van der Waals surface area contributed by atoms with Gasteiger partial charge in [0.1, 0.15) is 0 Å². The molecule has 1 N–H and O–H groups in total. The van der Waals surface area contributed by atoms with Crippen LogP contribution in [0.2, 0.25) is 0 Å². The summed E-state index contributed by atoms with van der Waals surface area (Å²) in [4.78, 5) is 16.8. The number of carbonyl (C=O) groups is 1. The molecule has 4 rings (SSSR count). The minimum Gasteiger partial charge on any atom is -0.478 e. The van der Waals surface area contributed by atoms with Crippen molar-refractivity contribution in [2.75, 3.05) is 0 Å². The van der Waals surface area contributed by atoms with E-state index in [0.29, 0.717) is 5.56 Å². The minimum atomic E-state index is -0.878. The van der Waals surface area contributed by atoms with Crippen molar-refractivity contribution in [2.45, 2.75) is 19.3 Å². The van der Waals surface area contributed by atoms with Gasteiger partial charge in [-0.15, -0.1) is 0 Å². The average Bonchev–Trinajstić information content (AvgIpc) is 2.61. The molecule has 0 bridgehead atoms. The Balaban J connectivity index is 1.99. The lowest BCUT2D eigenvalue weighted by Gasteiger charge is -2.21. The largest absolute Gasteiger partial charge is 0.478 e. The number of pyridine rings is 1. The molecule has 0 saturated heterocycles. The molecule has 0 unspecified atom stereocenters. The Morgan fingerprint density at radius 3 is 2.64 bits per heavy atom. The fraction of sp³-hybridized carbons (Fsp3) is 0.143. The summed E-state index contributed by atoms with van der Waals surface area (Å²) in [5, 5.41) is 10.5. The van der Waals surface area contributed by atoms with E-state index in [1.54, 1.807) is 0 Å². The molecule has 0 saturated carbocycles. The van der Waals surface area contributed by atoms with Gasteiger partial charge in [0.15, 0.2) is 0 Å². The maximum absolute atomic E-state index is 12.0. The Morgan fingerprint density at radius 2 is 1.84 bits per heavy atom. The molecule has 1 heterocycles. The van der Waals surface area contributed by atoms with E-state index in [0.717, 1.165) is 57.0 Å². The molecule has 0 aliphatic heterocycles. The summed E-state index contributed by atoms with van der Waals surface area (Å²) in [6.45, 7) is 0. The molecule has 0 atom stereocenters. The second-order valence-corrected chi connectivity index (χ2v) is 7.04. The van der Waals surface area contributed by atoms with E-state index in [2.05, 4.69) is 22.0 Å². The molecule has 124 valence electrons. The topological polar surface area (TPSA) is 50.2 Å². The number of rotatable bonds is 2. The van der Waals surface area contributed by atoms with Gasteiger partial charge in [0, 0.05) is 9.86 Å². The van der Waals surface area contributed by atoms with E-state index in [9.17, 15) is 9.90 Å². The smallest absolute Gasteiger partial charge is 0.336 e. The van der Waals surface area contributed by atoms with Crippen LogP contribution in [0.15, 0.2) is 53.0 Å². The van der Waals surface area contributed by atoms with Crippen molar-refractivity contribution in [3.05, 3.63) is 75.4 Å². The molecule has 4 heteroatoms. The quantitative estimate of drug-likeness (QED) is 0.618. The summed E-state index contributed by atoms with van der Waals surface area (Å²) < 4.78 is 1.02. The van der Waals surface area contributed by atoms with Crippen LogP contribution in [0, 0.1) is 0 Å². The standard InChI is InChI=1S/C21H16BrNO2/c22-17-10-3-1-6-13(17)12-14-7-5-9-16-19(21(24)25)15-8-2-4-11-18(15)23-20(14)16/h1-4,6,8,10-12H,5,7,9H2,(H,24,25)/b14-12+. The number of halogens is 1. The highest BCUT2D eigenvalue weighted by Gasteiger charge is 2.24. The first-order chi connectivity index (χ1) is 12.1. The number of carboxylic acids is 1. The number of fused-ring (bicyclic) bond motifs is 2. The molecule has 0 radical (unpaired) electrons. The highest BCUT2D eigenvalue weighted by atomic mass is 79.9. The lowest BCUT2D eigenvalue weighted by Crippen LogP contribution is -2.13. The predicted octanol–water partition coefficient (Wildman–Crippen LogP) is 5.57. The van der Waals surface area contributed by atoms with Crippen molar-refractivity contribution in [2.24, 2.45) is 0 Å². The number of carboxylic acid groups (broad SMARTS) is 1. The third-order valence-electron chi connectivity index (χ3n) is 4.62. The van der Waals surface area contributed by atoms with Crippen molar-refractivity contribution >= 4 is 44.5 Å². The van der Waals surface area contributed by atoms with Crippen LogP contribution < -0.4 is 0 Å². The second kappa shape index (κ2) is 6.45. The molecule has 1 aliphatic carbocycles. The lowest BCUT2D eigenvalue weighted by molar-refractivity contribution is 0.0697. The van der Waals surface area contributed by atoms with Crippen LogP contribution in [0.4, 0.5) is 0 Å². The molecular formula is C21H16BrNO2. The Labute approximate surface area is 154 Å². The van der Waals surface area contributed by atoms with Crippen molar-refractivity contribution < 1.29 is 9.90 Å². The van der Waals surface area contributed by atoms with Gasteiger partial charge in [0.2, 0.25) is 0 Å². The van der Waals surface area contributed by atoms with Crippen molar-refractivity contribution in [1.82, 2.24) is 4.98 Å². The Kier molecular flexibility index (Phi) is 4.14. The molecule has 2 aromatic carbocycles. The highest BCUT2D eigenvalue weighted by Crippen LogP contribution is 2.36. The molecular weight excluding hydrogens is 378 g/mol.